The lowest BCUT2D eigenvalue weighted by Crippen LogP contribution is -2.52. The molecule has 12 heteroatoms. The Morgan fingerprint density at radius 1 is 1.22 bits per heavy atom. The molecule has 196 valence electrons. The summed E-state index contributed by atoms with van der Waals surface area (Å²) in [6.45, 7) is 5.98. The number of azo groups is 1. The first-order valence-corrected chi connectivity index (χ1v) is 11.9. The van der Waals surface area contributed by atoms with Crippen molar-refractivity contribution in [2.45, 2.75) is 45.0 Å². The van der Waals surface area contributed by atoms with E-state index in [2.05, 4.69) is 25.5 Å². The average Bonchev–Trinajstić information content (AvgIpc) is 2.85. The predicted molar refractivity (Wildman–Crippen MR) is 126 cm³/mol. The van der Waals surface area contributed by atoms with Crippen molar-refractivity contribution in [2.75, 3.05) is 43.1 Å². The van der Waals surface area contributed by atoms with E-state index in [0.29, 0.717) is 44.8 Å². The summed E-state index contributed by atoms with van der Waals surface area (Å²) in [5, 5.41) is 22.4. The number of hydrogen-bond donors (Lipinski definition) is 2. The Bertz CT molecular complexity index is 1070. The SMILES string of the molecule is CC1(C)C(Nc2cccc(C(F)(F)F)c2)CCC(CN=Nc2ncc(F)c(N3CCOCC3)n2)C1O. The number of alkyl halides is 3. The quantitative estimate of drug-likeness (QED) is 0.427. The van der Waals surface area contributed by atoms with Crippen molar-refractivity contribution in [3.8, 4) is 0 Å². The van der Waals surface area contributed by atoms with Gasteiger partial charge >= 0.3 is 6.18 Å². The molecule has 36 heavy (non-hydrogen) atoms. The fraction of sp³-hybridized carbons (Fsp3) is 0.583. The number of nitrogens with zero attached hydrogens (tertiary/aromatic N) is 5. The summed E-state index contributed by atoms with van der Waals surface area (Å²) in [5.41, 5.74) is -1.000. The standard InChI is InChI=1S/C24H30F4N6O2/c1-23(2)19(31-17-5-3-4-16(12-17)24(26,27)28)7-6-15(20(23)35)13-30-33-22-29-14-18(25)21(32-22)34-8-10-36-11-9-34/h3-5,12,14-15,19-20,31,35H,6-11,13H2,1-2H3. The first-order valence-electron chi connectivity index (χ1n) is 11.9. The van der Waals surface area contributed by atoms with E-state index in [4.69, 9.17) is 4.74 Å². The van der Waals surface area contributed by atoms with Crippen LogP contribution in [0.5, 0.6) is 0 Å². The first-order chi connectivity index (χ1) is 17.1. The second-order valence-electron chi connectivity index (χ2n) is 9.74. The van der Waals surface area contributed by atoms with Gasteiger partial charge in [-0.1, -0.05) is 19.9 Å². The Morgan fingerprint density at radius 3 is 2.69 bits per heavy atom. The highest BCUT2D eigenvalue weighted by molar-refractivity contribution is 5.48. The summed E-state index contributed by atoms with van der Waals surface area (Å²) in [6.07, 6.45) is -2.90. The molecule has 1 aliphatic heterocycles. The van der Waals surface area contributed by atoms with E-state index in [1.165, 1.54) is 6.07 Å². The smallest absolute Gasteiger partial charge is 0.392 e. The van der Waals surface area contributed by atoms with Gasteiger partial charge in [0, 0.05) is 36.2 Å². The average molecular weight is 511 g/mol. The topological polar surface area (TPSA) is 95.2 Å². The molecule has 3 atom stereocenters. The van der Waals surface area contributed by atoms with E-state index in [-0.39, 0.29) is 30.3 Å². The molecular weight excluding hydrogens is 480 g/mol. The van der Waals surface area contributed by atoms with Crippen molar-refractivity contribution < 1.29 is 27.4 Å². The molecular formula is C24H30F4N6O2. The van der Waals surface area contributed by atoms with Crippen LogP contribution in [-0.4, -0.2) is 60.1 Å². The van der Waals surface area contributed by atoms with Gasteiger partial charge in [-0.3, -0.25) is 0 Å². The molecule has 4 rings (SSSR count). The zero-order valence-electron chi connectivity index (χ0n) is 20.2. The van der Waals surface area contributed by atoms with Gasteiger partial charge in [0.1, 0.15) is 0 Å². The van der Waals surface area contributed by atoms with Gasteiger partial charge in [0.05, 0.1) is 37.6 Å². The van der Waals surface area contributed by atoms with E-state index in [1.807, 2.05) is 13.8 Å². The Hall–Kier alpha value is -2.86. The minimum atomic E-state index is -4.42. The fourth-order valence-corrected chi connectivity index (χ4v) is 4.76. The molecule has 0 bridgehead atoms. The molecule has 1 saturated heterocycles. The number of ether oxygens (including phenoxy) is 1. The number of hydrogen-bond acceptors (Lipinski definition) is 8. The van der Waals surface area contributed by atoms with E-state index >= 15 is 0 Å². The van der Waals surface area contributed by atoms with Gasteiger partial charge in [0.2, 0.25) is 0 Å². The molecule has 1 aromatic heterocycles. The van der Waals surface area contributed by atoms with Crippen LogP contribution in [-0.2, 0) is 10.9 Å². The summed E-state index contributed by atoms with van der Waals surface area (Å²) in [6, 6.07) is 4.83. The molecule has 2 N–H and O–H groups in total. The fourth-order valence-electron chi connectivity index (χ4n) is 4.76. The van der Waals surface area contributed by atoms with Crippen LogP contribution < -0.4 is 10.2 Å². The number of aliphatic hydroxyl groups excluding tert-OH is 1. The van der Waals surface area contributed by atoms with Gasteiger partial charge in [-0.05, 0) is 31.0 Å². The highest BCUT2D eigenvalue weighted by Crippen LogP contribution is 2.41. The van der Waals surface area contributed by atoms with Crippen molar-refractivity contribution in [3.63, 3.8) is 0 Å². The number of rotatable bonds is 6. The maximum absolute atomic E-state index is 14.2. The second-order valence-corrected chi connectivity index (χ2v) is 9.74. The summed E-state index contributed by atoms with van der Waals surface area (Å²) >= 11 is 0. The number of nitrogens with one attached hydrogen (secondary N) is 1. The summed E-state index contributed by atoms with van der Waals surface area (Å²) in [7, 11) is 0. The first kappa shape index (κ1) is 26.2. The molecule has 2 heterocycles. The van der Waals surface area contributed by atoms with Gasteiger partial charge in [-0.15, -0.1) is 5.11 Å². The second kappa shape index (κ2) is 10.6. The molecule has 1 aliphatic carbocycles. The van der Waals surface area contributed by atoms with Crippen LogP contribution in [0.4, 0.5) is 35.0 Å². The van der Waals surface area contributed by atoms with Gasteiger partial charge < -0.3 is 20.1 Å². The van der Waals surface area contributed by atoms with Crippen LogP contribution in [0.25, 0.3) is 0 Å². The summed E-state index contributed by atoms with van der Waals surface area (Å²) in [4.78, 5) is 9.84. The van der Waals surface area contributed by atoms with Crippen LogP contribution in [0.15, 0.2) is 40.7 Å². The van der Waals surface area contributed by atoms with Crippen molar-refractivity contribution in [1.29, 1.82) is 0 Å². The monoisotopic (exact) mass is 510 g/mol. The van der Waals surface area contributed by atoms with Gasteiger partial charge in [0.15, 0.2) is 11.6 Å². The van der Waals surface area contributed by atoms with Gasteiger partial charge in [-0.25, -0.2) is 9.37 Å². The van der Waals surface area contributed by atoms with E-state index in [9.17, 15) is 22.7 Å². The van der Waals surface area contributed by atoms with Crippen molar-refractivity contribution in [1.82, 2.24) is 9.97 Å². The van der Waals surface area contributed by atoms with Gasteiger partial charge in [-0.2, -0.15) is 23.3 Å². The third-order valence-electron chi connectivity index (χ3n) is 6.96. The largest absolute Gasteiger partial charge is 0.416 e. The van der Waals surface area contributed by atoms with E-state index < -0.39 is 29.1 Å². The Labute approximate surface area is 206 Å². The minimum absolute atomic E-state index is 0.0338. The lowest BCUT2D eigenvalue weighted by atomic mass is 9.66. The van der Waals surface area contributed by atoms with E-state index in [1.54, 1.807) is 11.0 Å². The van der Waals surface area contributed by atoms with Crippen LogP contribution >= 0.6 is 0 Å². The zero-order valence-corrected chi connectivity index (χ0v) is 20.2. The van der Waals surface area contributed by atoms with Crippen molar-refractivity contribution >= 4 is 17.5 Å². The normalized spacial score (nSPS) is 24.8. The lowest BCUT2D eigenvalue weighted by molar-refractivity contribution is -0.137. The summed E-state index contributed by atoms with van der Waals surface area (Å²) in [5.74, 6) is -0.557. The number of aromatic nitrogens is 2. The van der Waals surface area contributed by atoms with Crippen LogP contribution in [0.2, 0.25) is 0 Å². The Kier molecular flexibility index (Phi) is 7.74. The molecule has 0 spiro atoms. The summed E-state index contributed by atoms with van der Waals surface area (Å²) < 4.78 is 58.7. The number of benzene rings is 1. The Balaban J connectivity index is 1.38. The molecule has 3 unspecified atom stereocenters. The number of anilines is 2. The highest BCUT2D eigenvalue weighted by Gasteiger charge is 2.44. The lowest BCUT2D eigenvalue weighted by Gasteiger charge is -2.46. The molecule has 0 amide bonds. The molecule has 2 aliphatic rings. The predicted octanol–water partition coefficient (Wildman–Crippen LogP) is 4.83. The number of aliphatic hydroxyl groups is 1. The number of halogens is 4. The highest BCUT2D eigenvalue weighted by atomic mass is 19.4. The van der Waals surface area contributed by atoms with Gasteiger partial charge in [0.25, 0.3) is 5.95 Å². The van der Waals surface area contributed by atoms with Crippen molar-refractivity contribution in [2.24, 2.45) is 21.6 Å². The molecule has 0 radical (unpaired) electrons. The Morgan fingerprint density at radius 2 is 1.97 bits per heavy atom. The van der Waals surface area contributed by atoms with E-state index in [0.717, 1.165) is 18.3 Å². The third-order valence-corrected chi connectivity index (χ3v) is 6.96. The molecule has 2 fully saturated rings. The molecule has 1 saturated carbocycles. The van der Waals surface area contributed by atoms with Crippen LogP contribution in [0.3, 0.4) is 0 Å². The minimum Gasteiger partial charge on any atom is -0.392 e. The molecule has 2 aromatic rings. The maximum atomic E-state index is 14.2. The van der Waals surface area contributed by atoms with Crippen LogP contribution in [0.1, 0.15) is 32.3 Å². The zero-order chi connectivity index (χ0) is 25.9. The molecule has 8 nitrogen and oxygen atoms in total. The van der Waals surface area contributed by atoms with Crippen molar-refractivity contribution in [3.05, 3.63) is 41.8 Å². The molecule has 1 aromatic carbocycles. The number of morpholine rings is 1. The van der Waals surface area contributed by atoms with Crippen LogP contribution in [0, 0.1) is 17.2 Å². The third kappa shape index (κ3) is 5.92. The maximum Gasteiger partial charge on any atom is 0.416 e.